The van der Waals surface area contributed by atoms with Crippen LogP contribution in [0.5, 0.6) is 0 Å². The maximum absolute atomic E-state index is 13.4. The molecule has 0 spiro atoms. The molecule has 3 heterocycles. The van der Waals surface area contributed by atoms with Gasteiger partial charge in [0.2, 0.25) is 5.91 Å². The van der Waals surface area contributed by atoms with Crippen molar-refractivity contribution in [3.8, 4) is 11.3 Å². The molecule has 0 saturated carbocycles. The van der Waals surface area contributed by atoms with Crippen LogP contribution in [0.2, 0.25) is 5.02 Å². The van der Waals surface area contributed by atoms with E-state index in [9.17, 15) is 13.6 Å². The Morgan fingerprint density at radius 2 is 1.81 bits per heavy atom. The summed E-state index contributed by atoms with van der Waals surface area (Å²) >= 11 is 7.37. The summed E-state index contributed by atoms with van der Waals surface area (Å²) in [5.74, 6) is -0.671. The van der Waals surface area contributed by atoms with E-state index >= 15 is 0 Å². The third-order valence-electron chi connectivity index (χ3n) is 5.66. The van der Waals surface area contributed by atoms with E-state index in [1.165, 1.54) is 29.5 Å². The quantitative estimate of drug-likeness (QED) is 0.425. The zero-order valence-corrected chi connectivity index (χ0v) is 18.5. The predicted molar refractivity (Wildman–Crippen MR) is 122 cm³/mol. The second-order valence-corrected chi connectivity index (χ2v) is 8.90. The standard InChI is InChI=1S/C23H19ClF2N4OS/c24-19-11-17(5-6-20(19)26)28-7-9-29(10-8-28)22(31)12-18-14-32-23-27-21(13-30(18)23)15-1-3-16(25)4-2-15/h1-6,11,13-14H,7-10,12H2. The van der Waals surface area contributed by atoms with Gasteiger partial charge in [0, 0.05) is 54.7 Å². The Bertz CT molecular complexity index is 1280. The Morgan fingerprint density at radius 1 is 1.06 bits per heavy atom. The van der Waals surface area contributed by atoms with Gasteiger partial charge in [0.25, 0.3) is 0 Å². The number of anilines is 1. The van der Waals surface area contributed by atoms with E-state index in [2.05, 4.69) is 9.88 Å². The number of aromatic nitrogens is 2. The number of carbonyl (C=O) groups is 1. The van der Waals surface area contributed by atoms with E-state index in [0.717, 1.165) is 27.6 Å². The smallest absolute Gasteiger partial charge is 0.228 e. The van der Waals surface area contributed by atoms with Crippen molar-refractivity contribution in [1.82, 2.24) is 14.3 Å². The molecule has 0 aliphatic carbocycles. The second kappa shape index (κ2) is 8.52. The second-order valence-electron chi connectivity index (χ2n) is 7.66. The zero-order chi connectivity index (χ0) is 22.2. The highest BCUT2D eigenvalue weighted by Gasteiger charge is 2.23. The van der Waals surface area contributed by atoms with Crippen LogP contribution in [0.4, 0.5) is 14.5 Å². The van der Waals surface area contributed by atoms with Crippen molar-refractivity contribution in [2.24, 2.45) is 0 Å². The largest absolute Gasteiger partial charge is 0.368 e. The fourth-order valence-electron chi connectivity index (χ4n) is 3.88. The lowest BCUT2D eigenvalue weighted by Crippen LogP contribution is -2.49. The van der Waals surface area contributed by atoms with Crippen molar-refractivity contribution >= 4 is 39.5 Å². The summed E-state index contributed by atoms with van der Waals surface area (Å²) in [6, 6.07) is 10.9. The molecule has 1 amide bonds. The summed E-state index contributed by atoms with van der Waals surface area (Å²) in [6.45, 7) is 2.50. The first-order valence-corrected chi connectivity index (χ1v) is 11.4. The summed E-state index contributed by atoms with van der Waals surface area (Å²) in [5.41, 5.74) is 3.31. The first-order valence-electron chi connectivity index (χ1n) is 10.2. The van der Waals surface area contributed by atoms with Gasteiger partial charge in [-0.2, -0.15) is 0 Å². The van der Waals surface area contributed by atoms with E-state index in [1.54, 1.807) is 24.3 Å². The first kappa shape index (κ1) is 20.9. The van der Waals surface area contributed by atoms with Crippen LogP contribution in [0.1, 0.15) is 5.69 Å². The molecule has 164 valence electrons. The van der Waals surface area contributed by atoms with Gasteiger partial charge < -0.3 is 9.80 Å². The molecule has 32 heavy (non-hydrogen) atoms. The first-order chi connectivity index (χ1) is 15.5. The fourth-order valence-corrected chi connectivity index (χ4v) is 4.93. The van der Waals surface area contributed by atoms with Crippen molar-refractivity contribution < 1.29 is 13.6 Å². The molecule has 9 heteroatoms. The third-order valence-corrected chi connectivity index (χ3v) is 6.83. The normalized spacial score (nSPS) is 14.3. The molecule has 0 N–H and O–H groups in total. The molecule has 2 aromatic heterocycles. The van der Waals surface area contributed by atoms with Gasteiger partial charge in [-0.3, -0.25) is 9.20 Å². The molecule has 0 radical (unpaired) electrons. The van der Waals surface area contributed by atoms with Crippen molar-refractivity contribution in [2.45, 2.75) is 6.42 Å². The monoisotopic (exact) mass is 472 g/mol. The Labute approximate surface area is 192 Å². The highest BCUT2D eigenvalue weighted by molar-refractivity contribution is 7.15. The van der Waals surface area contributed by atoms with Crippen LogP contribution in [0.3, 0.4) is 0 Å². The van der Waals surface area contributed by atoms with E-state index in [1.807, 2.05) is 20.9 Å². The number of thiazole rings is 1. The number of hydrogen-bond acceptors (Lipinski definition) is 4. The predicted octanol–water partition coefficient (Wildman–Crippen LogP) is 4.89. The number of amides is 1. The van der Waals surface area contributed by atoms with Gasteiger partial charge in [-0.15, -0.1) is 11.3 Å². The summed E-state index contributed by atoms with van der Waals surface area (Å²) in [6.07, 6.45) is 2.17. The molecular formula is C23H19ClF2N4OS. The Morgan fingerprint density at radius 3 is 2.53 bits per heavy atom. The lowest BCUT2D eigenvalue weighted by molar-refractivity contribution is -0.130. The zero-order valence-electron chi connectivity index (χ0n) is 17.0. The molecule has 1 aliphatic rings. The fraction of sp³-hybridized carbons (Fsp3) is 0.217. The van der Waals surface area contributed by atoms with Crippen LogP contribution in [-0.2, 0) is 11.2 Å². The van der Waals surface area contributed by atoms with Crippen molar-refractivity contribution in [2.75, 3.05) is 31.1 Å². The molecule has 5 rings (SSSR count). The maximum Gasteiger partial charge on any atom is 0.228 e. The summed E-state index contributed by atoms with van der Waals surface area (Å²) < 4.78 is 28.5. The van der Waals surface area contributed by atoms with Gasteiger partial charge in [-0.05, 0) is 42.5 Å². The molecule has 0 atom stereocenters. The topological polar surface area (TPSA) is 40.9 Å². The van der Waals surface area contributed by atoms with Crippen molar-refractivity contribution in [1.29, 1.82) is 0 Å². The number of benzene rings is 2. The Hall–Kier alpha value is -2.97. The number of imidazole rings is 1. The number of rotatable bonds is 4. The van der Waals surface area contributed by atoms with Gasteiger partial charge in [0.15, 0.2) is 4.96 Å². The van der Waals surface area contributed by atoms with Crippen LogP contribution < -0.4 is 4.90 Å². The highest BCUT2D eigenvalue weighted by atomic mass is 35.5. The molecule has 5 nitrogen and oxygen atoms in total. The average molecular weight is 473 g/mol. The highest BCUT2D eigenvalue weighted by Crippen LogP contribution is 2.26. The van der Waals surface area contributed by atoms with Gasteiger partial charge in [-0.25, -0.2) is 13.8 Å². The summed E-state index contributed by atoms with van der Waals surface area (Å²) in [7, 11) is 0. The molecule has 1 fully saturated rings. The van der Waals surface area contributed by atoms with E-state index in [-0.39, 0.29) is 23.2 Å². The lowest BCUT2D eigenvalue weighted by Gasteiger charge is -2.36. The minimum absolute atomic E-state index is 0.0542. The van der Waals surface area contributed by atoms with E-state index in [0.29, 0.717) is 26.2 Å². The van der Waals surface area contributed by atoms with Crippen molar-refractivity contribution in [3.63, 3.8) is 0 Å². The third kappa shape index (κ3) is 4.08. The molecule has 1 saturated heterocycles. The van der Waals surface area contributed by atoms with Gasteiger partial charge >= 0.3 is 0 Å². The average Bonchev–Trinajstić information content (AvgIpc) is 3.38. The molecule has 0 bridgehead atoms. The Balaban J connectivity index is 1.25. The van der Waals surface area contributed by atoms with Crippen molar-refractivity contribution in [3.05, 3.63) is 76.4 Å². The molecule has 4 aromatic rings. The number of hydrogen-bond donors (Lipinski definition) is 0. The van der Waals surface area contributed by atoms with E-state index in [4.69, 9.17) is 11.6 Å². The lowest BCUT2D eigenvalue weighted by atomic mass is 10.2. The van der Waals surface area contributed by atoms with Crippen LogP contribution in [0, 0.1) is 11.6 Å². The van der Waals surface area contributed by atoms with Crippen LogP contribution in [0.25, 0.3) is 16.2 Å². The van der Waals surface area contributed by atoms with Gasteiger partial charge in [0.05, 0.1) is 17.1 Å². The number of nitrogens with zero attached hydrogens (tertiary/aromatic N) is 4. The minimum Gasteiger partial charge on any atom is -0.368 e. The van der Waals surface area contributed by atoms with Crippen LogP contribution >= 0.6 is 22.9 Å². The van der Waals surface area contributed by atoms with Crippen LogP contribution in [-0.4, -0.2) is 46.4 Å². The number of piperazine rings is 1. The van der Waals surface area contributed by atoms with Gasteiger partial charge in [-0.1, -0.05) is 11.6 Å². The molecule has 1 aliphatic heterocycles. The number of halogens is 3. The number of fused-ring (bicyclic) bond motifs is 1. The summed E-state index contributed by atoms with van der Waals surface area (Å²) in [5, 5.41) is 2.05. The Kier molecular flexibility index (Phi) is 5.57. The van der Waals surface area contributed by atoms with Crippen LogP contribution in [0.15, 0.2) is 54.0 Å². The number of carbonyl (C=O) groups excluding carboxylic acids is 1. The maximum atomic E-state index is 13.4. The van der Waals surface area contributed by atoms with E-state index < -0.39 is 5.82 Å². The van der Waals surface area contributed by atoms with Gasteiger partial charge in [0.1, 0.15) is 11.6 Å². The molecule has 2 aromatic carbocycles. The SMILES string of the molecule is O=C(Cc1csc2nc(-c3ccc(F)cc3)cn12)N1CCN(c2ccc(F)c(Cl)c2)CC1. The summed E-state index contributed by atoms with van der Waals surface area (Å²) in [4.78, 5) is 22.3. The minimum atomic E-state index is -0.437. The molecule has 0 unspecified atom stereocenters. The molecular weight excluding hydrogens is 454 g/mol.